The molecule has 0 aliphatic heterocycles. The zero-order valence-electron chi connectivity index (χ0n) is 9.61. The molecule has 0 spiro atoms. The minimum absolute atomic E-state index is 0.200. The van der Waals surface area contributed by atoms with Crippen molar-refractivity contribution in [2.24, 2.45) is 0 Å². The SMILES string of the molecule is C=Cc1cc(-n2nc3ccccc3n2)ccc1O. The Kier molecular flexibility index (Phi) is 2.34. The molecule has 0 amide bonds. The topological polar surface area (TPSA) is 50.9 Å². The van der Waals surface area contributed by atoms with Gasteiger partial charge < -0.3 is 5.11 Å². The summed E-state index contributed by atoms with van der Waals surface area (Å²) in [4.78, 5) is 1.55. The Morgan fingerprint density at radius 3 is 2.33 bits per heavy atom. The molecule has 1 aromatic heterocycles. The van der Waals surface area contributed by atoms with Crippen LogP contribution in [0.2, 0.25) is 0 Å². The fraction of sp³-hybridized carbons (Fsp3) is 0. The second-order valence-electron chi connectivity index (χ2n) is 3.93. The van der Waals surface area contributed by atoms with E-state index in [0.717, 1.165) is 16.7 Å². The molecule has 2 aromatic carbocycles. The lowest BCUT2D eigenvalue weighted by molar-refractivity contribution is 0.474. The Morgan fingerprint density at radius 2 is 1.72 bits per heavy atom. The zero-order valence-corrected chi connectivity index (χ0v) is 9.61. The standard InChI is InChI=1S/C14H11N3O/c1-2-10-9-11(7-8-14(10)18)17-15-12-5-3-4-6-13(12)16-17/h2-9,18H,1H2. The molecule has 0 bridgehead atoms. The lowest BCUT2D eigenvalue weighted by Gasteiger charge is -2.02. The molecule has 1 N–H and O–H groups in total. The molecule has 4 heteroatoms. The first kappa shape index (κ1) is 10.5. The molecular formula is C14H11N3O. The van der Waals surface area contributed by atoms with E-state index in [0.29, 0.717) is 5.56 Å². The molecule has 0 aliphatic rings. The van der Waals surface area contributed by atoms with Crippen molar-refractivity contribution in [3.8, 4) is 11.4 Å². The molecule has 0 radical (unpaired) electrons. The van der Waals surface area contributed by atoms with Crippen LogP contribution in [0.15, 0.2) is 49.0 Å². The van der Waals surface area contributed by atoms with Crippen LogP contribution in [0.3, 0.4) is 0 Å². The summed E-state index contributed by atoms with van der Waals surface area (Å²) in [6.45, 7) is 3.66. The third-order valence-corrected chi connectivity index (χ3v) is 2.75. The summed E-state index contributed by atoms with van der Waals surface area (Å²) in [5.74, 6) is 0.200. The summed E-state index contributed by atoms with van der Waals surface area (Å²) in [6, 6.07) is 12.8. The zero-order chi connectivity index (χ0) is 12.5. The maximum absolute atomic E-state index is 9.60. The van der Waals surface area contributed by atoms with Crippen LogP contribution in [0.4, 0.5) is 0 Å². The second kappa shape index (κ2) is 4.00. The summed E-state index contributed by atoms with van der Waals surface area (Å²) in [7, 11) is 0. The van der Waals surface area contributed by atoms with Gasteiger partial charge in [-0.3, -0.25) is 0 Å². The smallest absolute Gasteiger partial charge is 0.122 e. The highest BCUT2D eigenvalue weighted by Crippen LogP contribution is 2.21. The predicted molar refractivity (Wildman–Crippen MR) is 70.6 cm³/mol. The van der Waals surface area contributed by atoms with Crippen LogP contribution < -0.4 is 0 Å². The summed E-state index contributed by atoms with van der Waals surface area (Å²) < 4.78 is 0. The summed E-state index contributed by atoms with van der Waals surface area (Å²) in [6.07, 6.45) is 1.60. The van der Waals surface area contributed by atoms with E-state index >= 15 is 0 Å². The van der Waals surface area contributed by atoms with Crippen LogP contribution in [-0.2, 0) is 0 Å². The van der Waals surface area contributed by atoms with Crippen molar-refractivity contribution in [2.45, 2.75) is 0 Å². The van der Waals surface area contributed by atoms with Crippen molar-refractivity contribution < 1.29 is 5.11 Å². The van der Waals surface area contributed by atoms with Crippen molar-refractivity contribution in [3.63, 3.8) is 0 Å². The van der Waals surface area contributed by atoms with Crippen LogP contribution in [0.1, 0.15) is 5.56 Å². The van der Waals surface area contributed by atoms with E-state index in [4.69, 9.17) is 0 Å². The predicted octanol–water partition coefficient (Wildman–Crippen LogP) is 2.77. The van der Waals surface area contributed by atoms with E-state index in [1.54, 1.807) is 29.1 Å². The first-order valence-corrected chi connectivity index (χ1v) is 5.56. The van der Waals surface area contributed by atoms with Gasteiger partial charge in [-0.15, -0.1) is 10.2 Å². The van der Waals surface area contributed by atoms with Crippen molar-refractivity contribution >= 4 is 17.1 Å². The Morgan fingerprint density at radius 1 is 1.06 bits per heavy atom. The van der Waals surface area contributed by atoms with E-state index in [1.807, 2.05) is 24.3 Å². The van der Waals surface area contributed by atoms with Crippen LogP contribution >= 0.6 is 0 Å². The minimum Gasteiger partial charge on any atom is -0.507 e. The Bertz CT molecular complexity index is 698. The number of aromatic nitrogens is 3. The van der Waals surface area contributed by atoms with Gasteiger partial charge in [-0.05, 0) is 30.3 Å². The number of phenolic OH excluding ortho intramolecular Hbond substituents is 1. The number of fused-ring (bicyclic) bond motifs is 1. The van der Waals surface area contributed by atoms with Gasteiger partial charge in [-0.2, -0.15) is 4.80 Å². The highest BCUT2D eigenvalue weighted by atomic mass is 16.3. The number of hydrogen-bond acceptors (Lipinski definition) is 3. The van der Waals surface area contributed by atoms with Crippen molar-refractivity contribution in [2.75, 3.05) is 0 Å². The lowest BCUT2D eigenvalue weighted by Crippen LogP contribution is -1.98. The van der Waals surface area contributed by atoms with Gasteiger partial charge in [0, 0.05) is 5.56 Å². The fourth-order valence-corrected chi connectivity index (χ4v) is 1.81. The highest BCUT2D eigenvalue weighted by molar-refractivity contribution is 5.73. The van der Waals surface area contributed by atoms with Crippen molar-refractivity contribution in [1.82, 2.24) is 15.0 Å². The average Bonchev–Trinajstić information content (AvgIpc) is 2.83. The molecule has 0 aliphatic carbocycles. The molecule has 0 fully saturated rings. The van der Waals surface area contributed by atoms with Gasteiger partial charge >= 0.3 is 0 Å². The number of benzene rings is 2. The van der Waals surface area contributed by atoms with Crippen LogP contribution in [0.25, 0.3) is 22.8 Å². The van der Waals surface area contributed by atoms with Gasteiger partial charge in [-0.1, -0.05) is 24.8 Å². The molecule has 1 heterocycles. The Hall–Kier alpha value is -2.62. The molecule has 88 valence electrons. The minimum atomic E-state index is 0.200. The largest absolute Gasteiger partial charge is 0.507 e. The normalized spacial score (nSPS) is 10.7. The van der Waals surface area contributed by atoms with E-state index < -0.39 is 0 Å². The highest BCUT2D eigenvalue weighted by Gasteiger charge is 2.05. The second-order valence-corrected chi connectivity index (χ2v) is 3.93. The van der Waals surface area contributed by atoms with Gasteiger partial charge in [-0.25, -0.2) is 0 Å². The van der Waals surface area contributed by atoms with Gasteiger partial charge in [0.1, 0.15) is 16.8 Å². The molecular weight excluding hydrogens is 226 g/mol. The third kappa shape index (κ3) is 1.64. The quantitative estimate of drug-likeness (QED) is 0.745. The van der Waals surface area contributed by atoms with Crippen LogP contribution in [0, 0.1) is 0 Å². The summed E-state index contributed by atoms with van der Waals surface area (Å²) in [5, 5.41) is 18.4. The monoisotopic (exact) mass is 237 g/mol. The van der Waals surface area contributed by atoms with E-state index in [2.05, 4.69) is 16.8 Å². The molecule has 3 aromatic rings. The van der Waals surface area contributed by atoms with E-state index in [9.17, 15) is 5.11 Å². The maximum Gasteiger partial charge on any atom is 0.122 e. The van der Waals surface area contributed by atoms with Gasteiger partial charge in [0.2, 0.25) is 0 Å². The average molecular weight is 237 g/mol. The van der Waals surface area contributed by atoms with E-state index in [1.165, 1.54) is 0 Å². The number of rotatable bonds is 2. The number of hydrogen-bond donors (Lipinski definition) is 1. The third-order valence-electron chi connectivity index (χ3n) is 2.75. The van der Waals surface area contributed by atoms with Crippen LogP contribution in [0.5, 0.6) is 5.75 Å². The molecule has 4 nitrogen and oxygen atoms in total. The van der Waals surface area contributed by atoms with Crippen LogP contribution in [-0.4, -0.2) is 20.1 Å². The first-order valence-electron chi connectivity index (χ1n) is 5.56. The molecule has 0 atom stereocenters. The molecule has 0 saturated carbocycles. The van der Waals surface area contributed by atoms with Gasteiger partial charge in [0.25, 0.3) is 0 Å². The number of nitrogens with zero attached hydrogens (tertiary/aromatic N) is 3. The van der Waals surface area contributed by atoms with E-state index in [-0.39, 0.29) is 5.75 Å². The lowest BCUT2D eigenvalue weighted by atomic mass is 10.2. The number of phenols is 1. The molecule has 3 rings (SSSR count). The fourth-order valence-electron chi connectivity index (χ4n) is 1.81. The summed E-state index contributed by atoms with van der Waals surface area (Å²) >= 11 is 0. The Balaban J connectivity index is 2.16. The van der Waals surface area contributed by atoms with Gasteiger partial charge in [0.15, 0.2) is 0 Å². The Labute approximate surface area is 104 Å². The molecule has 0 saturated heterocycles. The van der Waals surface area contributed by atoms with Gasteiger partial charge in [0.05, 0.1) is 5.69 Å². The van der Waals surface area contributed by atoms with Crippen molar-refractivity contribution in [1.29, 1.82) is 0 Å². The summed E-state index contributed by atoms with van der Waals surface area (Å²) in [5.41, 5.74) is 3.13. The maximum atomic E-state index is 9.60. The van der Waals surface area contributed by atoms with Crippen molar-refractivity contribution in [3.05, 3.63) is 54.6 Å². The molecule has 0 unspecified atom stereocenters. The molecule has 18 heavy (non-hydrogen) atoms. The first-order chi connectivity index (χ1) is 8.78. The number of aromatic hydroxyl groups is 1.